The molecule has 2 aromatic rings. The first kappa shape index (κ1) is 13.6. The van der Waals surface area contributed by atoms with Gasteiger partial charge in [-0.15, -0.1) is 0 Å². The second-order valence-electron chi connectivity index (χ2n) is 5.37. The van der Waals surface area contributed by atoms with Crippen molar-refractivity contribution < 1.29 is 9.59 Å². The van der Waals surface area contributed by atoms with Gasteiger partial charge in [0.2, 0.25) is 0 Å². The Morgan fingerprint density at radius 3 is 2.67 bits per heavy atom. The summed E-state index contributed by atoms with van der Waals surface area (Å²) in [7, 11) is 0. The van der Waals surface area contributed by atoms with Gasteiger partial charge in [-0.3, -0.25) is 9.59 Å². The van der Waals surface area contributed by atoms with Gasteiger partial charge in [0.1, 0.15) is 0 Å². The van der Waals surface area contributed by atoms with Crippen molar-refractivity contribution in [1.29, 1.82) is 0 Å². The molecule has 0 bridgehead atoms. The van der Waals surface area contributed by atoms with Crippen molar-refractivity contribution in [1.82, 2.24) is 5.32 Å². The van der Waals surface area contributed by atoms with E-state index in [0.29, 0.717) is 17.7 Å². The maximum Gasteiger partial charge on any atom is 0.251 e. The number of benzene rings is 2. The van der Waals surface area contributed by atoms with E-state index in [1.807, 2.05) is 49.4 Å². The van der Waals surface area contributed by atoms with Crippen LogP contribution in [0.3, 0.4) is 0 Å². The Kier molecular flexibility index (Phi) is 3.57. The number of nitrogens with one attached hydrogen (secondary N) is 1. The second-order valence-corrected chi connectivity index (χ2v) is 5.37. The summed E-state index contributed by atoms with van der Waals surface area (Å²) in [4.78, 5) is 24.5. The third-order valence-corrected chi connectivity index (χ3v) is 4.01. The maximum absolute atomic E-state index is 12.6. The topological polar surface area (TPSA) is 46.2 Å². The second kappa shape index (κ2) is 5.52. The van der Waals surface area contributed by atoms with E-state index < -0.39 is 0 Å². The molecule has 0 radical (unpaired) electrons. The standard InChI is InChI=1S/C18H17NO2/c1-12(13-5-3-2-4-6-13)17(20)15-8-7-14-9-10-19-18(21)16(14)11-15/h2-8,11-12H,9-10H2,1H3,(H,19,21). The Labute approximate surface area is 124 Å². The summed E-state index contributed by atoms with van der Waals surface area (Å²) in [6.07, 6.45) is 0.823. The Bertz CT molecular complexity index is 692. The SMILES string of the molecule is CC(C(=O)c1ccc2c(c1)C(=O)NCC2)c1ccccc1. The summed E-state index contributed by atoms with van der Waals surface area (Å²) in [5.74, 6) is -0.253. The summed E-state index contributed by atoms with van der Waals surface area (Å²) in [5.41, 5.74) is 3.24. The van der Waals surface area contributed by atoms with E-state index in [9.17, 15) is 9.59 Å². The lowest BCUT2D eigenvalue weighted by Gasteiger charge is -2.18. The highest BCUT2D eigenvalue weighted by Gasteiger charge is 2.21. The fraction of sp³-hybridized carbons (Fsp3) is 0.222. The van der Waals surface area contributed by atoms with Crippen LogP contribution in [0.25, 0.3) is 0 Å². The molecule has 1 amide bonds. The number of hydrogen-bond donors (Lipinski definition) is 1. The Hall–Kier alpha value is -2.42. The Morgan fingerprint density at radius 2 is 1.90 bits per heavy atom. The third-order valence-electron chi connectivity index (χ3n) is 4.01. The fourth-order valence-corrected chi connectivity index (χ4v) is 2.71. The van der Waals surface area contributed by atoms with Gasteiger partial charge in [0.15, 0.2) is 5.78 Å². The Balaban J connectivity index is 1.92. The van der Waals surface area contributed by atoms with Crippen LogP contribution in [0.15, 0.2) is 48.5 Å². The molecule has 0 aromatic heterocycles. The lowest BCUT2D eigenvalue weighted by atomic mass is 9.89. The molecule has 21 heavy (non-hydrogen) atoms. The first-order valence-corrected chi connectivity index (χ1v) is 7.17. The molecule has 0 spiro atoms. The van der Waals surface area contributed by atoms with Crippen LogP contribution in [-0.4, -0.2) is 18.2 Å². The van der Waals surface area contributed by atoms with Gasteiger partial charge in [-0.2, -0.15) is 0 Å². The van der Waals surface area contributed by atoms with Gasteiger partial charge in [-0.05, 0) is 23.6 Å². The van der Waals surface area contributed by atoms with Crippen LogP contribution >= 0.6 is 0 Å². The van der Waals surface area contributed by atoms with Crippen LogP contribution in [0.2, 0.25) is 0 Å². The van der Waals surface area contributed by atoms with Crippen molar-refractivity contribution in [2.45, 2.75) is 19.3 Å². The van der Waals surface area contributed by atoms with Crippen LogP contribution in [0.1, 0.15) is 44.7 Å². The molecule has 106 valence electrons. The third kappa shape index (κ3) is 2.59. The predicted octanol–water partition coefficient (Wildman–Crippen LogP) is 2.96. The van der Waals surface area contributed by atoms with E-state index in [1.165, 1.54) is 0 Å². The van der Waals surface area contributed by atoms with Crippen molar-refractivity contribution in [3.05, 3.63) is 70.8 Å². The summed E-state index contributed by atoms with van der Waals surface area (Å²) >= 11 is 0. The van der Waals surface area contributed by atoms with Crippen molar-refractivity contribution in [3.8, 4) is 0 Å². The van der Waals surface area contributed by atoms with Crippen molar-refractivity contribution >= 4 is 11.7 Å². The molecule has 3 nitrogen and oxygen atoms in total. The van der Waals surface area contributed by atoms with Crippen LogP contribution in [-0.2, 0) is 6.42 Å². The molecule has 0 saturated heterocycles. The highest BCUT2D eigenvalue weighted by Crippen LogP contribution is 2.23. The average Bonchev–Trinajstić information content (AvgIpc) is 2.54. The van der Waals surface area contributed by atoms with Crippen LogP contribution in [0, 0.1) is 0 Å². The zero-order chi connectivity index (χ0) is 14.8. The van der Waals surface area contributed by atoms with E-state index in [-0.39, 0.29) is 17.6 Å². The molecule has 1 N–H and O–H groups in total. The molecule has 3 rings (SSSR count). The van der Waals surface area contributed by atoms with Gasteiger partial charge in [-0.1, -0.05) is 49.4 Å². The van der Waals surface area contributed by atoms with Gasteiger partial charge >= 0.3 is 0 Å². The van der Waals surface area contributed by atoms with Gasteiger partial charge < -0.3 is 5.32 Å². The number of rotatable bonds is 3. The summed E-state index contributed by atoms with van der Waals surface area (Å²) in [6, 6.07) is 15.2. The summed E-state index contributed by atoms with van der Waals surface area (Å²) in [5, 5.41) is 2.82. The zero-order valence-corrected chi connectivity index (χ0v) is 11.9. The van der Waals surface area contributed by atoms with E-state index in [2.05, 4.69) is 5.32 Å². The molecule has 1 unspecified atom stereocenters. The fourth-order valence-electron chi connectivity index (χ4n) is 2.71. The minimum Gasteiger partial charge on any atom is -0.352 e. The van der Waals surface area contributed by atoms with E-state index >= 15 is 0 Å². The van der Waals surface area contributed by atoms with Gasteiger partial charge in [0, 0.05) is 23.6 Å². The van der Waals surface area contributed by atoms with Crippen LogP contribution in [0.4, 0.5) is 0 Å². The molecule has 1 heterocycles. The molecular weight excluding hydrogens is 262 g/mol. The molecule has 2 aromatic carbocycles. The van der Waals surface area contributed by atoms with Gasteiger partial charge in [0.05, 0.1) is 0 Å². The average molecular weight is 279 g/mol. The largest absolute Gasteiger partial charge is 0.352 e. The monoisotopic (exact) mass is 279 g/mol. The first-order chi connectivity index (χ1) is 10.2. The lowest BCUT2D eigenvalue weighted by Crippen LogP contribution is -2.32. The van der Waals surface area contributed by atoms with Crippen molar-refractivity contribution in [2.75, 3.05) is 6.54 Å². The number of Topliss-reactive ketones (excluding diaryl/α,β-unsaturated/α-hetero) is 1. The van der Waals surface area contributed by atoms with Crippen molar-refractivity contribution in [2.24, 2.45) is 0 Å². The Morgan fingerprint density at radius 1 is 1.14 bits per heavy atom. The number of fused-ring (bicyclic) bond motifs is 1. The minimum atomic E-state index is -0.212. The summed E-state index contributed by atoms with van der Waals surface area (Å²) < 4.78 is 0. The molecule has 3 heteroatoms. The van der Waals surface area contributed by atoms with E-state index in [0.717, 1.165) is 17.5 Å². The number of carbonyl (C=O) groups excluding carboxylic acids is 2. The molecule has 0 saturated carbocycles. The number of carbonyl (C=O) groups is 2. The zero-order valence-electron chi connectivity index (χ0n) is 11.9. The van der Waals surface area contributed by atoms with Crippen molar-refractivity contribution in [3.63, 3.8) is 0 Å². The maximum atomic E-state index is 12.6. The molecule has 1 aliphatic heterocycles. The molecular formula is C18H17NO2. The van der Waals surface area contributed by atoms with Gasteiger partial charge in [-0.25, -0.2) is 0 Å². The smallest absolute Gasteiger partial charge is 0.251 e. The van der Waals surface area contributed by atoms with Crippen LogP contribution < -0.4 is 5.32 Å². The highest BCUT2D eigenvalue weighted by atomic mass is 16.1. The van der Waals surface area contributed by atoms with E-state index in [4.69, 9.17) is 0 Å². The molecule has 1 atom stereocenters. The summed E-state index contributed by atoms with van der Waals surface area (Å²) in [6.45, 7) is 2.57. The quantitative estimate of drug-likeness (QED) is 0.878. The molecule has 1 aliphatic rings. The normalized spacial score (nSPS) is 15.0. The molecule has 0 fully saturated rings. The molecule has 0 aliphatic carbocycles. The van der Waals surface area contributed by atoms with Crippen LogP contribution in [0.5, 0.6) is 0 Å². The first-order valence-electron chi connectivity index (χ1n) is 7.17. The number of amides is 1. The minimum absolute atomic E-state index is 0.0439. The highest BCUT2D eigenvalue weighted by molar-refractivity contribution is 6.04. The number of hydrogen-bond acceptors (Lipinski definition) is 2. The van der Waals surface area contributed by atoms with Gasteiger partial charge in [0.25, 0.3) is 5.91 Å². The predicted molar refractivity (Wildman–Crippen MR) is 81.7 cm³/mol. The van der Waals surface area contributed by atoms with E-state index in [1.54, 1.807) is 6.07 Å². The number of ketones is 1. The lowest BCUT2D eigenvalue weighted by molar-refractivity contribution is 0.0946.